The number of Topliss-reactive ketones (excluding diaryl/α,β-unsaturated/α-hetero) is 1. The van der Waals surface area contributed by atoms with Gasteiger partial charge in [-0.3, -0.25) is 4.79 Å². The molecule has 4 rings (SSSR count). The van der Waals surface area contributed by atoms with Gasteiger partial charge in [0.1, 0.15) is 12.4 Å². The molecule has 2 unspecified atom stereocenters. The SMILES string of the molecule is Cc1cc(C(=O)COC(=O)c2ccc(OCC3CCCO3)cc2)c(C)n1C1CCS(=O)(=O)C1. The van der Waals surface area contributed by atoms with E-state index in [4.69, 9.17) is 14.2 Å². The summed E-state index contributed by atoms with van der Waals surface area (Å²) < 4.78 is 42.1. The van der Waals surface area contributed by atoms with Crippen LogP contribution in [-0.4, -0.2) is 62.2 Å². The third-order valence-corrected chi connectivity index (χ3v) is 7.99. The summed E-state index contributed by atoms with van der Waals surface area (Å²) in [5.74, 6) is -0.0306. The number of carbonyl (C=O) groups excluding carboxylic acids is 2. The fourth-order valence-corrected chi connectivity index (χ4v) is 6.24. The van der Waals surface area contributed by atoms with Crippen LogP contribution < -0.4 is 4.74 Å². The van der Waals surface area contributed by atoms with Crippen LogP contribution in [0.2, 0.25) is 0 Å². The third kappa shape index (κ3) is 5.47. The van der Waals surface area contributed by atoms with Crippen LogP contribution >= 0.6 is 0 Å². The van der Waals surface area contributed by atoms with Gasteiger partial charge in [0, 0.05) is 29.6 Å². The number of benzene rings is 1. The van der Waals surface area contributed by atoms with Crippen LogP contribution in [0.3, 0.4) is 0 Å². The van der Waals surface area contributed by atoms with E-state index in [1.807, 2.05) is 11.5 Å². The van der Waals surface area contributed by atoms with Gasteiger partial charge >= 0.3 is 5.97 Å². The number of sulfone groups is 1. The molecule has 1 aromatic carbocycles. The summed E-state index contributed by atoms with van der Waals surface area (Å²) in [6.45, 7) is 4.50. The lowest BCUT2D eigenvalue weighted by Gasteiger charge is -2.16. The second-order valence-corrected chi connectivity index (χ2v) is 10.9. The molecule has 2 aliphatic rings. The normalized spacial score (nSPS) is 21.8. The quantitative estimate of drug-likeness (QED) is 0.427. The maximum atomic E-state index is 12.7. The number of ether oxygens (including phenoxy) is 3. The van der Waals surface area contributed by atoms with Crippen LogP contribution in [0.15, 0.2) is 30.3 Å². The predicted molar refractivity (Wildman–Crippen MR) is 122 cm³/mol. The number of ketones is 1. The Labute approximate surface area is 193 Å². The number of nitrogens with zero attached hydrogens (tertiary/aromatic N) is 1. The summed E-state index contributed by atoms with van der Waals surface area (Å²) in [4.78, 5) is 25.1. The molecule has 2 atom stereocenters. The highest BCUT2D eigenvalue weighted by atomic mass is 32.2. The van der Waals surface area contributed by atoms with Gasteiger partial charge in [-0.1, -0.05) is 0 Å². The topological polar surface area (TPSA) is 101 Å². The summed E-state index contributed by atoms with van der Waals surface area (Å²) in [6, 6.07) is 8.15. The second kappa shape index (κ2) is 9.69. The molecule has 2 saturated heterocycles. The molecule has 0 aliphatic carbocycles. The van der Waals surface area contributed by atoms with Crippen molar-refractivity contribution in [1.82, 2.24) is 4.57 Å². The first-order chi connectivity index (χ1) is 15.7. The van der Waals surface area contributed by atoms with E-state index in [0.29, 0.717) is 35.6 Å². The summed E-state index contributed by atoms with van der Waals surface area (Å²) in [6.07, 6.45) is 2.68. The number of rotatable bonds is 8. The van der Waals surface area contributed by atoms with Crippen molar-refractivity contribution in [2.75, 3.05) is 31.3 Å². The number of hydrogen-bond acceptors (Lipinski definition) is 7. The Bertz CT molecular complexity index is 1130. The number of carbonyl (C=O) groups is 2. The molecule has 0 spiro atoms. The van der Waals surface area contributed by atoms with E-state index in [0.717, 1.165) is 25.1 Å². The molecule has 0 radical (unpaired) electrons. The molecule has 178 valence electrons. The van der Waals surface area contributed by atoms with Crippen molar-refractivity contribution in [2.45, 2.75) is 45.3 Å². The summed E-state index contributed by atoms with van der Waals surface area (Å²) in [5.41, 5.74) is 2.29. The van der Waals surface area contributed by atoms with E-state index < -0.39 is 15.8 Å². The van der Waals surface area contributed by atoms with E-state index in [1.54, 1.807) is 37.3 Å². The minimum absolute atomic E-state index is 0.0827. The lowest BCUT2D eigenvalue weighted by atomic mass is 10.1. The molecule has 0 amide bonds. The molecule has 0 saturated carbocycles. The minimum atomic E-state index is -3.04. The zero-order valence-corrected chi connectivity index (χ0v) is 19.7. The van der Waals surface area contributed by atoms with Crippen molar-refractivity contribution in [2.24, 2.45) is 0 Å². The van der Waals surface area contributed by atoms with Crippen LogP contribution in [0.4, 0.5) is 0 Å². The number of aryl methyl sites for hydroxylation is 1. The molecule has 2 aliphatic heterocycles. The Morgan fingerprint density at radius 3 is 2.55 bits per heavy atom. The summed E-state index contributed by atoms with van der Waals surface area (Å²) >= 11 is 0. The van der Waals surface area contributed by atoms with Gasteiger partial charge in [0.05, 0.1) is 23.2 Å². The Balaban J connectivity index is 1.33. The Hall–Kier alpha value is -2.65. The molecular weight excluding hydrogens is 446 g/mol. The van der Waals surface area contributed by atoms with Crippen molar-refractivity contribution in [1.29, 1.82) is 0 Å². The van der Waals surface area contributed by atoms with Gasteiger partial charge in [-0.25, -0.2) is 13.2 Å². The maximum Gasteiger partial charge on any atom is 0.338 e. The molecule has 2 fully saturated rings. The van der Waals surface area contributed by atoms with Gasteiger partial charge in [-0.05, 0) is 63.4 Å². The van der Waals surface area contributed by atoms with E-state index in [1.165, 1.54) is 0 Å². The Morgan fingerprint density at radius 1 is 1.15 bits per heavy atom. The van der Waals surface area contributed by atoms with Crippen molar-refractivity contribution >= 4 is 21.6 Å². The Morgan fingerprint density at radius 2 is 1.91 bits per heavy atom. The number of esters is 1. The lowest BCUT2D eigenvalue weighted by molar-refractivity contribution is 0.0474. The highest BCUT2D eigenvalue weighted by Gasteiger charge is 2.31. The van der Waals surface area contributed by atoms with Gasteiger partial charge < -0.3 is 18.8 Å². The van der Waals surface area contributed by atoms with Crippen LogP contribution in [0.5, 0.6) is 5.75 Å². The first kappa shape index (κ1) is 23.5. The van der Waals surface area contributed by atoms with E-state index in [-0.39, 0.29) is 36.0 Å². The molecule has 3 heterocycles. The monoisotopic (exact) mass is 475 g/mol. The van der Waals surface area contributed by atoms with Crippen molar-refractivity contribution < 1.29 is 32.2 Å². The van der Waals surface area contributed by atoms with Crippen LogP contribution in [0.25, 0.3) is 0 Å². The molecule has 2 aromatic rings. The van der Waals surface area contributed by atoms with Gasteiger partial charge in [-0.2, -0.15) is 0 Å². The fourth-order valence-electron chi connectivity index (χ4n) is 4.54. The average molecular weight is 476 g/mol. The molecule has 9 heteroatoms. The number of aromatic nitrogens is 1. The minimum Gasteiger partial charge on any atom is -0.491 e. The third-order valence-electron chi connectivity index (χ3n) is 6.24. The standard InChI is InChI=1S/C24H29NO7S/c1-16-12-22(17(2)25(16)19-9-11-33(28,29)15-19)23(26)14-32-24(27)18-5-7-20(8-6-18)31-13-21-4-3-10-30-21/h5-8,12,19,21H,3-4,9-11,13-15H2,1-2H3. The van der Waals surface area contributed by atoms with Crippen LogP contribution in [0, 0.1) is 13.8 Å². The first-order valence-electron chi connectivity index (χ1n) is 11.2. The molecule has 0 N–H and O–H groups in total. The zero-order valence-electron chi connectivity index (χ0n) is 18.9. The summed E-state index contributed by atoms with van der Waals surface area (Å²) in [5, 5.41) is 0. The van der Waals surface area contributed by atoms with Crippen molar-refractivity contribution in [3.8, 4) is 5.75 Å². The van der Waals surface area contributed by atoms with Crippen LogP contribution in [-0.2, 0) is 19.3 Å². The highest BCUT2D eigenvalue weighted by molar-refractivity contribution is 7.91. The second-order valence-electron chi connectivity index (χ2n) is 8.68. The largest absolute Gasteiger partial charge is 0.491 e. The molecule has 33 heavy (non-hydrogen) atoms. The Kier molecular flexibility index (Phi) is 6.90. The van der Waals surface area contributed by atoms with E-state index in [9.17, 15) is 18.0 Å². The first-order valence-corrected chi connectivity index (χ1v) is 13.0. The predicted octanol–water partition coefficient (Wildman–Crippen LogP) is 3.06. The van der Waals surface area contributed by atoms with Crippen molar-refractivity contribution in [3.05, 3.63) is 52.8 Å². The van der Waals surface area contributed by atoms with Crippen molar-refractivity contribution in [3.63, 3.8) is 0 Å². The van der Waals surface area contributed by atoms with Gasteiger partial charge in [0.2, 0.25) is 5.78 Å². The smallest absolute Gasteiger partial charge is 0.338 e. The van der Waals surface area contributed by atoms with Gasteiger partial charge in [0.25, 0.3) is 0 Å². The zero-order chi connectivity index (χ0) is 23.6. The maximum absolute atomic E-state index is 12.7. The highest BCUT2D eigenvalue weighted by Crippen LogP contribution is 2.29. The summed E-state index contributed by atoms with van der Waals surface area (Å²) in [7, 11) is -3.04. The van der Waals surface area contributed by atoms with E-state index >= 15 is 0 Å². The average Bonchev–Trinajstić information content (AvgIpc) is 3.50. The molecular formula is C24H29NO7S. The molecule has 0 bridgehead atoms. The van der Waals surface area contributed by atoms with Gasteiger partial charge in [-0.15, -0.1) is 0 Å². The lowest BCUT2D eigenvalue weighted by Crippen LogP contribution is -2.17. The molecule has 1 aromatic heterocycles. The van der Waals surface area contributed by atoms with Gasteiger partial charge in [0.15, 0.2) is 16.4 Å². The van der Waals surface area contributed by atoms with E-state index in [2.05, 4.69) is 0 Å². The fraction of sp³-hybridized carbons (Fsp3) is 0.500. The van der Waals surface area contributed by atoms with Crippen LogP contribution in [0.1, 0.15) is 57.4 Å². The number of hydrogen-bond donors (Lipinski definition) is 0. The molecule has 8 nitrogen and oxygen atoms in total.